The molecule has 4 amide bonds. The number of rotatable bonds is 7. The number of likely N-dealkylation sites (tertiary alicyclic amines) is 1. The summed E-state index contributed by atoms with van der Waals surface area (Å²) in [7, 11) is 2.94. The second-order valence-electron chi connectivity index (χ2n) is 12.7. The van der Waals surface area contributed by atoms with Crippen LogP contribution in [0, 0.1) is 23.7 Å². The summed E-state index contributed by atoms with van der Waals surface area (Å²) in [5, 5.41) is 11.0. The number of hydrogen-bond donors (Lipinski definition) is 1. The van der Waals surface area contributed by atoms with Gasteiger partial charge < -0.3 is 14.6 Å². The minimum Gasteiger partial charge on any atom is -0.508 e. The lowest BCUT2D eigenvalue weighted by atomic mass is 9.49. The molecule has 0 radical (unpaired) electrons. The van der Waals surface area contributed by atoms with Crippen molar-refractivity contribution < 1.29 is 33.8 Å². The first-order valence-electron chi connectivity index (χ1n) is 15.9. The lowest BCUT2D eigenvalue weighted by molar-refractivity contribution is -0.140. The molecule has 1 saturated carbocycles. The second-order valence-corrected chi connectivity index (χ2v) is 13.1. The number of fused-ring (bicyclic) bond motifs is 4. The predicted molar refractivity (Wildman–Crippen MR) is 174 cm³/mol. The number of benzene rings is 3. The van der Waals surface area contributed by atoms with Gasteiger partial charge >= 0.3 is 0 Å². The van der Waals surface area contributed by atoms with E-state index in [1.54, 1.807) is 24.3 Å². The lowest BCUT2D eigenvalue weighted by Gasteiger charge is -2.51. The van der Waals surface area contributed by atoms with Crippen LogP contribution >= 0.6 is 11.6 Å². The summed E-state index contributed by atoms with van der Waals surface area (Å²) >= 11 is 6.38. The van der Waals surface area contributed by atoms with Crippen LogP contribution in [0.1, 0.15) is 43.2 Å². The van der Waals surface area contributed by atoms with E-state index in [1.807, 2.05) is 43.3 Å². The van der Waals surface area contributed by atoms with E-state index in [-0.39, 0.29) is 35.5 Å². The molecule has 47 heavy (non-hydrogen) atoms. The number of phenols is 1. The fourth-order valence-electron chi connectivity index (χ4n) is 8.78. The summed E-state index contributed by atoms with van der Waals surface area (Å²) < 4.78 is 11.7. The average molecular weight is 655 g/mol. The smallest absolute Gasteiger partial charge is 0.246 e. The van der Waals surface area contributed by atoms with Gasteiger partial charge in [0.15, 0.2) is 0 Å². The number of methoxy groups -OCH3 is 2. The topological polar surface area (TPSA) is 113 Å². The van der Waals surface area contributed by atoms with Crippen molar-refractivity contribution in [2.75, 3.05) is 25.7 Å². The number of allylic oxidation sites excluding steroid dienone is 2. The van der Waals surface area contributed by atoms with Gasteiger partial charge in [0.05, 0.1) is 43.1 Å². The molecule has 0 aromatic heterocycles. The van der Waals surface area contributed by atoms with Crippen molar-refractivity contribution in [1.82, 2.24) is 4.90 Å². The number of halogens is 1. The van der Waals surface area contributed by atoms with Crippen LogP contribution in [0.5, 0.6) is 17.2 Å². The molecule has 2 aliphatic heterocycles. The van der Waals surface area contributed by atoms with Gasteiger partial charge in [-0.2, -0.15) is 0 Å². The summed E-state index contributed by atoms with van der Waals surface area (Å²) in [5.41, 5.74) is 0.728. The third-order valence-corrected chi connectivity index (χ3v) is 10.8. The maximum atomic E-state index is 15.4. The quantitative estimate of drug-likeness (QED) is 0.259. The molecular weight excluding hydrogens is 620 g/mol. The number of imide groups is 2. The van der Waals surface area contributed by atoms with Gasteiger partial charge in [0, 0.05) is 35.2 Å². The van der Waals surface area contributed by atoms with E-state index in [0.717, 1.165) is 5.57 Å². The summed E-state index contributed by atoms with van der Waals surface area (Å²) in [6.45, 7) is 2.25. The van der Waals surface area contributed by atoms with Crippen molar-refractivity contribution in [3.63, 3.8) is 0 Å². The summed E-state index contributed by atoms with van der Waals surface area (Å²) in [6, 6.07) is 18.8. The highest BCUT2D eigenvalue weighted by atomic mass is 35.5. The molecule has 3 aromatic rings. The number of nitrogens with zero attached hydrogens (tertiary/aromatic N) is 2. The van der Waals surface area contributed by atoms with Crippen molar-refractivity contribution in [3.05, 3.63) is 94.5 Å². The first kappa shape index (κ1) is 31.0. The van der Waals surface area contributed by atoms with Gasteiger partial charge in [-0.3, -0.25) is 24.1 Å². The van der Waals surface area contributed by atoms with Gasteiger partial charge in [0.25, 0.3) is 0 Å². The van der Waals surface area contributed by atoms with Gasteiger partial charge in [0.2, 0.25) is 23.6 Å². The molecule has 3 fully saturated rings. The zero-order valence-electron chi connectivity index (χ0n) is 26.3. The first-order valence-corrected chi connectivity index (χ1v) is 16.3. The van der Waals surface area contributed by atoms with E-state index in [0.29, 0.717) is 41.2 Å². The fourth-order valence-corrected chi connectivity index (χ4v) is 8.96. The van der Waals surface area contributed by atoms with E-state index in [1.165, 1.54) is 36.2 Å². The van der Waals surface area contributed by atoms with Gasteiger partial charge in [-0.25, -0.2) is 4.90 Å². The van der Waals surface area contributed by atoms with Crippen LogP contribution in [0.4, 0.5) is 5.69 Å². The summed E-state index contributed by atoms with van der Waals surface area (Å²) in [6.07, 6.45) is 3.12. The maximum absolute atomic E-state index is 15.4. The number of ether oxygens (including phenoxy) is 2. The van der Waals surface area contributed by atoms with Crippen molar-refractivity contribution in [2.24, 2.45) is 23.7 Å². The standard InChI is InChI=1S/C37H35ClN2O7/c1-4-15-39-33(42)25-14-13-24-26(30(25)35(39)44)19-27-34(43)40(22-12-8-11-21(38)16-22)36(45)37(27,20-9-6-5-7-10-20)32(24)31-28(46-2)17-23(41)18-29(31)47-3/h5-13,16-18,25-27,30,32,41H,4,14-15,19H2,1-3H3/t25-,26+,27-,30-,32+,37+/m0/s1. The summed E-state index contributed by atoms with van der Waals surface area (Å²) in [4.78, 5) is 60.4. The SMILES string of the molecule is CCCN1C(=O)[C@H]2[C@H](CC=C3[C@H]2C[C@H]2C(=O)N(c4cccc(Cl)c4)C(=O)[C@@]2(c2ccccc2)[C@H]3c2c(OC)cc(O)cc2OC)C1=O. The number of carbonyl (C=O) groups excluding carboxylic acids is 4. The molecule has 2 aliphatic carbocycles. The van der Waals surface area contributed by atoms with Crippen LogP contribution < -0.4 is 14.4 Å². The normalized spacial score (nSPS) is 28.2. The Morgan fingerprint density at radius 2 is 1.60 bits per heavy atom. The molecule has 0 unspecified atom stereocenters. The second kappa shape index (κ2) is 11.6. The largest absolute Gasteiger partial charge is 0.508 e. The third-order valence-electron chi connectivity index (χ3n) is 10.5. The number of hydrogen-bond acceptors (Lipinski definition) is 7. The Kier molecular flexibility index (Phi) is 7.62. The van der Waals surface area contributed by atoms with Crippen LogP contribution in [0.15, 0.2) is 78.4 Å². The average Bonchev–Trinajstić information content (AvgIpc) is 3.45. The van der Waals surface area contributed by atoms with E-state index < -0.39 is 46.8 Å². The minimum absolute atomic E-state index is 0.0982. The minimum atomic E-state index is -1.50. The van der Waals surface area contributed by atoms with E-state index in [9.17, 15) is 19.5 Å². The van der Waals surface area contributed by atoms with Crippen LogP contribution in [-0.2, 0) is 24.6 Å². The first-order chi connectivity index (χ1) is 22.7. The van der Waals surface area contributed by atoms with E-state index >= 15 is 4.79 Å². The molecule has 2 saturated heterocycles. The van der Waals surface area contributed by atoms with Crippen molar-refractivity contribution in [1.29, 1.82) is 0 Å². The molecule has 7 rings (SSSR count). The highest BCUT2D eigenvalue weighted by Crippen LogP contribution is 2.66. The molecule has 0 spiro atoms. The number of phenolic OH excluding ortho intramolecular Hbond substituents is 1. The molecule has 10 heteroatoms. The molecule has 3 aromatic carbocycles. The molecule has 2 heterocycles. The monoisotopic (exact) mass is 654 g/mol. The zero-order chi connectivity index (χ0) is 33.2. The molecular formula is C37H35ClN2O7. The maximum Gasteiger partial charge on any atom is 0.246 e. The number of anilines is 1. The summed E-state index contributed by atoms with van der Waals surface area (Å²) in [5.74, 6) is -4.36. The Morgan fingerprint density at radius 3 is 2.23 bits per heavy atom. The molecule has 6 atom stereocenters. The van der Waals surface area contributed by atoms with Gasteiger partial charge in [-0.15, -0.1) is 0 Å². The van der Waals surface area contributed by atoms with E-state index in [2.05, 4.69) is 0 Å². The number of aromatic hydroxyl groups is 1. The van der Waals surface area contributed by atoms with Gasteiger partial charge in [-0.05, 0) is 48.9 Å². The Balaban J connectivity index is 1.55. The third kappa shape index (κ3) is 4.35. The van der Waals surface area contributed by atoms with Crippen molar-refractivity contribution in [2.45, 2.75) is 37.5 Å². The lowest BCUT2D eigenvalue weighted by Crippen LogP contribution is -2.53. The Bertz CT molecular complexity index is 1820. The Morgan fingerprint density at radius 1 is 0.894 bits per heavy atom. The Hall–Kier alpha value is -4.63. The van der Waals surface area contributed by atoms with Crippen molar-refractivity contribution >= 4 is 40.9 Å². The molecule has 1 N–H and O–H groups in total. The van der Waals surface area contributed by atoms with Crippen molar-refractivity contribution in [3.8, 4) is 17.2 Å². The van der Waals surface area contributed by atoms with Crippen LogP contribution in [0.3, 0.4) is 0 Å². The highest BCUT2D eigenvalue weighted by Gasteiger charge is 2.70. The van der Waals surface area contributed by atoms with Gasteiger partial charge in [-0.1, -0.05) is 66.6 Å². The van der Waals surface area contributed by atoms with E-state index in [4.69, 9.17) is 21.1 Å². The molecule has 4 aliphatic rings. The Labute approximate surface area is 277 Å². The van der Waals surface area contributed by atoms with Crippen LogP contribution in [0.2, 0.25) is 5.02 Å². The molecule has 0 bridgehead atoms. The number of amides is 4. The molecule has 242 valence electrons. The zero-order valence-corrected chi connectivity index (χ0v) is 27.1. The van der Waals surface area contributed by atoms with Crippen LogP contribution in [-0.4, -0.2) is 54.4 Å². The predicted octanol–water partition coefficient (Wildman–Crippen LogP) is 5.64. The highest BCUT2D eigenvalue weighted by molar-refractivity contribution is 6.32. The fraction of sp³-hybridized carbons (Fsp3) is 0.351. The molecule has 9 nitrogen and oxygen atoms in total. The van der Waals surface area contributed by atoms with Gasteiger partial charge in [0.1, 0.15) is 17.2 Å². The number of carbonyl (C=O) groups is 4. The van der Waals surface area contributed by atoms with Crippen LogP contribution in [0.25, 0.3) is 0 Å².